The zero-order valence-corrected chi connectivity index (χ0v) is 26.4. The van der Waals surface area contributed by atoms with Gasteiger partial charge in [-0.1, -0.05) is 117 Å². The van der Waals surface area contributed by atoms with Crippen LogP contribution in [0.5, 0.6) is 5.75 Å². The zero-order chi connectivity index (χ0) is 31.5. The molecule has 1 heterocycles. The number of hydrogen-bond acceptors (Lipinski definition) is 4. The maximum absolute atomic E-state index is 13.7. The molecule has 1 aliphatic heterocycles. The van der Waals surface area contributed by atoms with E-state index in [1.165, 1.54) is 24.0 Å². The van der Waals surface area contributed by atoms with E-state index in [1.807, 2.05) is 77.7 Å². The number of nitrogens with one attached hydrogen (secondary N) is 1. The summed E-state index contributed by atoms with van der Waals surface area (Å²) in [5, 5.41) is 3.73. The van der Waals surface area contributed by atoms with Gasteiger partial charge in [-0.05, 0) is 71.6 Å². The maximum atomic E-state index is 13.7. The highest BCUT2D eigenvalue weighted by atomic mass is 16.6. The Morgan fingerprint density at radius 3 is 2.35 bits per heavy atom. The molecule has 234 valence electrons. The monoisotopic (exact) mass is 610 g/mol. The minimum atomic E-state index is -0.210. The minimum Gasteiger partial charge on any atom is -0.487 e. The topological polar surface area (TPSA) is 50.8 Å². The van der Waals surface area contributed by atoms with Crippen LogP contribution in [0.3, 0.4) is 0 Å². The normalized spacial score (nSPS) is 21.3. The van der Waals surface area contributed by atoms with Crippen LogP contribution in [0.2, 0.25) is 0 Å². The van der Waals surface area contributed by atoms with Crippen LogP contribution in [0.25, 0.3) is 12.2 Å². The van der Waals surface area contributed by atoms with Gasteiger partial charge in [-0.2, -0.15) is 0 Å². The number of ether oxygens (including phenoxy) is 2. The van der Waals surface area contributed by atoms with E-state index in [-0.39, 0.29) is 24.2 Å². The third-order valence-electron chi connectivity index (χ3n) is 10.5. The summed E-state index contributed by atoms with van der Waals surface area (Å²) in [6.45, 7) is 9.83. The second-order valence-corrected chi connectivity index (χ2v) is 12.8. The van der Waals surface area contributed by atoms with Crippen LogP contribution in [0.4, 0.5) is 16.2 Å². The molecule has 5 heteroatoms. The molecule has 4 aromatic carbocycles. The molecule has 0 spiro atoms. The van der Waals surface area contributed by atoms with Crippen molar-refractivity contribution in [3.05, 3.63) is 138 Å². The minimum absolute atomic E-state index is 0.00706. The Morgan fingerprint density at radius 1 is 0.891 bits per heavy atom. The van der Waals surface area contributed by atoms with Gasteiger partial charge >= 0.3 is 6.09 Å². The van der Waals surface area contributed by atoms with Crippen molar-refractivity contribution in [3.8, 4) is 5.75 Å². The van der Waals surface area contributed by atoms with Crippen molar-refractivity contribution >= 4 is 29.6 Å². The molecule has 46 heavy (non-hydrogen) atoms. The van der Waals surface area contributed by atoms with Crippen molar-refractivity contribution in [2.24, 2.45) is 5.92 Å². The van der Waals surface area contributed by atoms with Crippen LogP contribution in [-0.4, -0.2) is 23.6 Å². The lowest BCUT2D eigenvalue weighted by molar-refractivity contribution is -0.0137. The van der Waals surface area contributed by atoms with Crippen LogP contribution in [0.15, 0.2) is 104 Å². The number of anilines is 2. The number of hydrogen-bond donors (Lipinski definition) is 1. The average Bonchev–Trinajstić information content (AvgIpc) is 3.11. The molecule has 7 rings (SSSR count). The number of benzene rings is 4. The summed E-state index contributed by atoms with van der Waals surface area (Å²) in [5.74, 6) is 1.21. The van der Waals surface area contributed by atoms with E-state index in [0.29, 0.717) is 19.1 Å². The molecule has 1 saturated carbocycles. The maximum Gasteiger partial charge on any atom is 0.410 e. The molecule has 1 N–H and O–H groups in total. The summed E-state index contributed by atoms with van der Waals surface area (Å²) in [6.07, 6.45) is 9.93. The standard InChI is InChI=1S/C41H42N2O3/c1-3-31-19-11-12-21-36(31)42-39-32(4-2)33-25-37-34-20-13-14-22-41(34,35(33)26-38(39)45-27-29-15-7-5-8-16-29)23-24-43(37)40(44)46-28-30-17-9-6-10-18-30/h3-12,15-19,21,26,34,37,42H,1-2,13-14,20,22-25,27-28H2/t34?,37-,41-/m0/s1. The molecule has 0 aromatic heterocycles. The van der Waals surface area contributed by atoms with E-state index in [1.54, 1.807) is 0 Å². The van der Waals surface area contributed by atoms with Gasteiger partial charge in [0.25, 0.3) is 0 Å². The van der Waals surface area contributed by atoms with E-state index < -0.39 is 0 Å². The van der Waals surface area contributed by atoms with Gasteiger partial charge in [-0.3, -0.25) is 0 Å². The second kappa shape index (κ2) is 12.9. The van der Waals surface area contributed by atoms with E-state index in [4.69, 9.17) is 9.47 Å². The smallest absolute Gasteiger partial charge is 0.410 e. The number of carbonyl (C=O) groups excluding carboxylic acids is 1. The number of nitrogens with zero attached hydrogens (tertiary/aromatic N) is 1. The molecule has 0 radical (unpaired) electrons. The van der Waals surface area contributed by atoms with Gasteiger partial charge in [-0.15, -0.1) is 0 Å². The summed E-state index contributed by atoms with van der Waals surface area (Å²) in [5.41, 5.74) is 8.69. The van der Waals surface area contributed by atoms with Crippen LogP contribution in [-0.2, 0) is 29.8 Å². The molecular formula is C41H42N2O3. The van der Waals surface area contributed by atoms with Crippen LogP contribution < -0.4 is 10.1 Å². The van der Waals surface area contributed by atoms with Crippen molar-refractivity contribution in [2.75, 3.05) is 11.9 Å². The Morgan fingerprint density at radius 2 is 1.61 bits per heavy atom. The van der Waals surface area contributed by atoms with Crippen LogP contribution in [0, 0.1) is 5.92 Å². The van der Waals surface area contributed by atoms with Crippen molar-refractivity contribution in [1.82, 2.24) is 4.90 Å². The first kappa shape index (κ1) is 29.9. The summed E-state index contributed by atoms with van der Waals surface area (Å²) < 4.78 is 12.6. The van der Waals surface area contributed by atoms with Crippen molar-refractivity contribution < 1.29 is 14.3 Å². The van der Waals surface area contributed by atoms with Gasteiger partial charge in [0, 0.05) is 29.3 Å². The Kier molecular flexibility index (Phi) is 8.40. The molecule has 3 aliphatic rings. The summed E-state index contributed by atoms with van der Waals surface area (Å²) in [7, 11) is 0. The largest absolute Gasteiger partial charge is 0.487 e. The first-order valence-corrected chi connectivity index (χ1v) is 16.6. The summed E-state index contributed by atoms with van der Waals surface area (Å²) in [4.78, 5) is 15.7. The number of para-hydroxylation sites is 1. The average molecular weight is 611 g/mol. The van der Waals surface area contributed by atoms with Gasteiger partial charge in [-0.25, -0.2) is 4.79 Å². The van der Waals surface area contributed by atoms with Crippen molar-refractivity contribution in [1.29, 1.82) is 0 Å². The lowest BCUT2D eigenvalue weighted by atomic mass is 9.52. The molecule has 2 fully saturated rings. The molecule has 1 saturated heterocycles. The Hall–Kier alpha value is -4.77. The number of carbonyl (C=O) groups is 1. The van der Waals surface area contributed by atoms with E-state index in [2.05, 4.69) is 48.8 Å². The number of likely N-dealkylation sites (tertiary alicyclic amines) is 1. The summed E-state index contributed by atoms with van der Waals surface area (Å²) >= 11 is 0. The quantitative estimate of drug-likeness (QED) is 0.205. The lowest BCUT2D eigenvalue weighted by Crippen LogP contribution is -2.62. The fraction of sp³-hybridized carbons (Fsp3) is 0.293. The number of rotatable bonds is 9. The zero-order valence-electron chi connectivity index (χ0n) is 26.4. The number of fused-ring (bicyclic) bond motifs is 1. The SMILES string of the molecule is C=Cc1ccccc1Nc1c(OCc2ccccc2)cc2c(c1C=C)C[C@H]1C3CCCC[C@@]23CCN1C(=O)OCc1ccccc1. The van der Waals surface area contributed by atoms with Gasteiger partial charge < -0.3 is 19.7 Å². The van der Waals surface area contributed by atoms with Gasteiger partial charge in [0.2, 0.25) is 0 Å². The van der Waals surface area contributed by atoms with Crippen LogP contribution in [0.1, 0.15) is 65.5 Å². The molecule has 2 aliphatic carbocycles. The molecule has 2 bridgehead atoms. The number of amides is 1. The van der Waals surface area contributed by atoms with Crippen LogP contribution >= 0.6 is 0 Å². The highest BCUT2D eigenvalue weighted by molar-refractivity contribution is 5.83. The van der Waals surface area contributed by atoms with E-state index >= 15 is 0 Å². The predicted octanol–water partition coefficient (Wildman–Crippen LogP) is 9.69. The molecule has 3 atom stereocenters. The molecular weight excluding hydrogens is 568 g/mol. The molecule has 5 nitrogen and oxygen atoms in total. The van der Waals surface area contributed by atoms with E-state index in [9.17, 15) is 4.79 Å². The van der Waals surface area contributed by atoms with Gasteiger partial charge in [0.15, 0.2) is 0 Å². The second-order valence-electron chi connectivity index (χ2n) is 12.8. The molecule has 1 amide bonds. The number of piperidine rings is 1. The van der Waals surface area contributed by atoms with Gasteiger partial charge in [0.05, 0.1) is 5.69 Å². The summed E-state index contributed by atoms with van der Waals surface area (Å²) in [6, 6.07) is 30.8. The predicted molar refractivity (Wildman–Crippen MR) is 186 cm³/mol. The third kappa shape index (κ3) is 5.49. The Balaban J connectivity index is 1.30. The molecule has 1 unspecified atom stereocenters. The highest BCUT2D eigenvalue weighted by Crippen LogP contribution is 2.58. The fourth-order valence-corrected chi connectivity index (χ4v) is 8.31. The Bertz CT molecular complexity index is 1730. The Labute approximate surface area is 272 Å². The van der Waals surface area contributed by atoms with Gasteiger partial charge in [0.1, 0.15) is 19.0 Å². The highest BCUT2D eigenvalue weighted by Gasteiger charge is 2.55. The van der Waals surface area contributed by atoms with Crippen molar-refractivity contribution in [2.45, 2.75) is 63.2 Å². The van der Waals surface area contributed by atoms with E-state index in [0.717, 1.165) is 65.1 Å². The molecule has 4 aromatic rings. The third-order valence-corrected chi connectivity index (χ3v) is 10.5. The lowest BCUT2D eigenvalue weighted by Gasteiger charge is -2.59. The fourth-order valence-electron chi connectivity index (χ4n) is 8.31. The first-order chi connectivity index (χ1) is 22.6. The first-order valence-electron chi connectivity index (χ1n) is 16.6. The van der Waals surface area contributed by atoms with Crippen molar-refractivity contribution in [3.63, 3.8) is 0 Å².